The van der Waals surface area contributed by atoms with E-state index in [-0.39, 0.29) is 5.41 Å². The first-order valence-corrected chi connectivity index (χ1v) is 6.39. The van der Waals surface area contributed by atoms with Crippen molar-refractivity contribution in [3.63, 3.8) is 0 Å². The molecule has 1 aliphatic carbocycles. The predicted molar refractivity (Wildman–Crippen MR) is 69.7 cm³/mol. The molecule has 0 aliphatic heterocycles. The summed E-state index contributed by atoms with van der Waals surface area (Å²) >= 11 is 5.92. The van der Waals surface area contributed by atoms with Crippen molar-refractivity contribution in [2.45, 2.75) is 39.2 Å². The summed E-state index contributed by atoms with van der Waals surface area (Å²) in [7, 11) is 0. The van der Waals surface area contributed by atoms with E-state index < -0.39 is 0 Å². The van der Waals surface area contributed by atoms with Gasteiger partial charge in [-0.3, -0.25) is 0 Å². The van der Waals surface area contributed by atoms with E-state index in [9.17, 15) is 0 Å². The van der Waals surface area contributed by atoms with Crippen LogP contribution in [0.1, 0.15) is 38.7 Å². The van der Waals surface area contributed by atoms with Gasteiger partial charge in [-0.15, -0.1) is 0 Å². The first-order valence-electron chi connectivity index (χ1n) is 6.01. The highest BCUT2D eigenvalue weighted by Crippen LogP contribution is 2.57. The maximum atomic E-state index is 6.24. The van der Waals surface area contributed by atoms with E-state index in [1.54, 1.807) is 0 Å². The minimum atomic E-state index is 0.243. The molecule has 1 fully saturated rings. The van der Waals surface area contributed by atoms with Crippen molar-refractivity contribution in [1.29, 1.82) is 0 Å². The third kappa shape index (κ3) is 1.57. The Morgan fingerprint density at radius 1 is 1.31 bits per heavy atom. The maximum absolute atomic E-state index is 6.24. The van der Waals surface area contributed by atoms with Crippen LogP contribution in [0.2, 0.25) is 5.02 Å². The smallest absolute Gasteiger partial charge is 0.0406 e. The Bertz CT molecular complexity index is 373. The lowest BCUT2D eigenvalue weighted by Gasteiger charge is -2.58. The van der Waals surface area contributed by atoms with Crippen molar-refractivity contribution >= 4 is 11.6 Å². The normalized spacial score (nSPS) is 38.2. The first-order chi connectivity index (χ1) is 7.50. The molecule has 88 valence electrons. The van der Waals surface area contributed by atoms with Gasteiger partial charge in [0.15, 0.2) is 0 Å². The van der Waals surface area contributed by atoms with Gasteiger partial charge in [0.25, 0.3) is 0 Å². The SMILES string of the molecule is CCC1(C)C(N)C(C)C1c1ccc(Cl)cc1. The molecule has 1 aromatic carbocycles. The fourth-order valence-corrected chi connectivity index (χ4v) is 3.43. The van der Waals surface area contributed by atoms with Gasteiger partial charge in [-0.2, -0.15) is 0 Å². The van der Waals surface area contributed by atoms with Crippen LogP contribution in [0.3, 0.4) is 0 Å². The highest BCUT2D eigenvalue weighted by molar-refractivity contribution is 6.30. The average Bonchev–Trinajstić information content (AvgIpc) is 2.31. The summed E-state index contributed by atoms with van der Waals surface area (Å²) in [5.41, 5.74) is 7.86. The lowest BCUT2D eigenvalue weighted by atomic mass is 9.49. The van der Waals surface area contributed by atoms with Crippen LogP contribution in [0.5, 0.6) is 0 Å². The third-order valence-electron chi connectivity index (χ3n) is 4.56. The summed E-state index contributed by atoms with van der Waals surface area (Å²) < 4.78 is 0. The molecule has 0 spiro atoms. The van der Waals surface area contributed by atoms with E-state index in [1.807, 2.05) is 12.1 Å². The summed E-state index contributed by atoms with van der Waals surface area (Å²) in [5, 5.41) is 0.804. The van der Waals surface area contributed by atoms with Crippen LogP contribution in [-0.4, -0.2) is 6.04 Å². The zero-order valence-electron chi connectivity index (χ0n) is 10.2. The zero-order chi connectivity index (χ0) is 11.9. The largest absolute Gasteiger partial charge is 0.327 e. The molecule has 0 saturated heterocycles. The van der Waals surface area contributed by atoms with E-state index in [2.05, 4.69) is 32.9 Å². The zero-order valence-corrected chi connectivity index (χ0v) is 11.0. The van der Waals surface area contributed by atoms with Crippen LogP contribution < -0.4 is 5.73 Å². The fraction of sp³-hybridized carbons (Fsp3) is 0.571. The number of halogens is 1. The topological polar surface area (TPSA) is 26.0 Å². The standard InChI is InChI=1S/C14H20ClN/c1-4-14(3)12(9(2)13(14)16)10-5-7-11(15)8-6-10/h5-9,12-13H,4,16H2,1-3H3. The van der Waals surface area contributed by atoms with Crippen LogP contribution in [0.15, 0.2) is 24.3 Å². The predicted octanol–water partition coefficient (Wildman–Crippen LogP) is 3.82. The highest BCUT2D eigenvalue weighted by Gasteiger charge is 2.54. The van der Waals surface area contributed by atoms with Gasteiger partial charge in [-0.25, -0.2) is 0 Å². The van der Waals surface area contributed by atoms with Gasteiger partial charge >= 0.3 is 0 Å². The molecule has 0 aromatic heterocycles. The molecule has 1 aromatic rings. The second-order valence-corrected chi connectivity index (χ2v) is 5.71. The van der Waals surface area contributed by atoms with Gasteiger partial charge < -0.3 is 5.73 Å². The molecule has 1 nitrogen and oxygen atoms in total. The number of nitrogens with two attached hydrogens (primary N) is 1. The average molecular weight is 238 g/mol. The Balaban J connectivity index is 2.30. The van der Waals surface area contributed by atoms with Gasteiger partial charge in [0.1, 0.15) is 0 Å². The summed E-state index contributed by atoms with van der Waals surface area (Å²) in [6.07, 6.45) is 1.13. The number of hydrogen-bond acceptors (Lipinski definition) is 1. The van der Waals surface area contributed by atoms with Crippen LogP contribution in [0.4, 0.5) is 0 Å². The van der Waals surface area contributed by atoms with Gasteiger partial charge in [-0.1, -0.05) is 44.5 Å². The van der Waals surface area contributed by atoms with Crippen molar-refractivity contribution in [1.82, 2.24) is 0 Å². The number of rotatable bonds is 2. The van der Waals surface area contributed by atoms with Crippen molar-refractivity contribution in [3.8, 4) is 0 Å². The molecule has 0 bridgehead atoms. The molecule has 0 heterocycles. The molecule has 2 heteroatoms. The highest BCUT2D eigenvalue weighted by atomic mass is 35.5. The van der Waals surface area contributed by atoms with E-state index in [0.717, 1.165) is 11.4 Å². The summed E-state index contributed by atoms with van der Waals surface area (Å²) in [6, 6.07) is 8.55. The molecule has 1 aliphatic rings. The Morgan fingerprint density at radius 2 is 1.88 bits per heavy atom. The first kappa shape index (κ1) is 11.9. The molecule has 4 atom stereocenters. The van der Waals surface area contributed by atoms with Gasteiger partial charge in [0, 0.05) is 11.1 Å². The van der Waals surface area contributed by atoms with Gasteiger partial charge in [-0.05, 0) is 41.4 Å². The van der Waals surface area contributed by atoms with Crippen molar-refractivity contribution in [3.05, 3.63) is 34.9 Å². The molecule has 4 unspecified atom stereocenters. The number of benzene rings is 1. The Kier molecular flexibility index (Phi) is 3.02. The van der Waals surface area contributed by atoms with Crippen LogP contribution >= 0.6 is 11.6 Å². The quantitative estimate of drug-likeness (QED) is 0.832. The lowest BCUT2D eigenvalue weighted by Crippen LogP contribution is -2.60. The summed E-state index contributed by atoms with van der Waals surface area (Å²) in [4.78, 5) is 0. The summed E-state index contributed by atoms with van der Waals surface area (Å²) in [5.74, 6) is 1.14. The van der Waals surface area contributed by atoms with Crippen LogP contribution in [0, 0.1) is 11.3 Å². The monoisotopic (exact) mass is 237 g/mol. The number of hydrogen-bond donors (Lipinski definition) is 1. The van der Waals surface area contributed by atoms with Crippen molar-refractivity contribution < 1.29 is 0 Å². The second kappa shape index (κ2) is 4.05. The molecule has 2 N–H and O–H groups in total. The van der Waals surface area contributed by atoms with Gasteiger partial charge in [0.2, 0.25) is 0 Å². The molecule has 1 saturated carbocycles. The van der Waals surface area contributed by atoms with Crippen molar-refractivity contribution in [2.75, 3.05) is 0 Å². The maximum Gasteiger partial charge on any atom is 0.0406 e. The van der Waals surface area contributed by atoms with Crippen molar-refractivity contribution in [2.24, 2.45) is 17.1 Å². The Morgan fingerprint density at radius 3 is 2.38 bits per heavy atom. The van der Waals surface area contributed by atoms with Gasteiger partial charge in [0.05, 0.1) is 0 Å². The molecule has 0 amide bonds. The second-order valence-electron chi connectivity index (χ2n) is 5.27. The Labute approximate surface area is 103 Å². The minimum absolute atomic E-state index is 0.243. The molecular formula is C14H20ClN. The molecule has 0 radical (unpaired) electrons. The lowest BCUT2D eigenvalue weighted by molar-refractivity contribution is 0.00362. The molecule has 16 heavy (non-hydrogen) atoms. The fourth-order valence-electron chi connectivity index (χ4n) is 3.31. The molecular weight excluding hydrogens is 218 g/mol. The summed E-state index contributed by atoms with van der Waals surface area (Å²) in [6.45, 7) is 6.78. The van der Waals surface area contributed by atoms with Crippen LogP contribution in [0.25, 0.3) is 0 Å². The van der Waals surface area contributed by atoms with E-state index in [0.29, 0.717) is 17.9 Å². The van der Waals surface area contributed by atoms with E-state index in [4.69, 9.17) is 17.3 Å². The molecule has 2 rings (SSSR count). The van der Waals surface area contributed by atoms with E-state index >= 15 is 0 Å². The van der Waals surface area contributed by atoms with Crippen LogP contribution in [-0.2, 0) is 0 Å². The minimum Gasteiger partial charge on any atom is -0.327 e. The third-order valence-corrected chi connectivity index (χ3v) is 4.81. The Hall–Kier alpha value is -0.530. The van der Waals surface area contributed by atoms with E-state index in [1.165, 1.54) is 5.56 Å².